The van der Waals surface area contributed by atoms with Crippen LogP contribution in [0, 0.1) is 0 Å². The number of hydrogen-bond donors (Lipinski definition) is 0. The lowest BCUT2D eigenvalue weighted by atomic mass is 9.96. The average molecular weight is 373 g/mol. The molecular formula is C19H21ClN4O2. The van der Waals surface area contributed by atoms with Gasteiger partial charge >= 0.3 is 0 Å². The van der Waals surface area contributed by atoms with Crippen LogP contribution in [0.25, 0.3) is 11.1 Å². The first-order valence-electron chi connectivity index (χ1n) is 8.90. The average Bonchev–Trinajstić information content (AvgIpc) is 3.28. The Bertz CT molecular complexity index is 938. The SMILES string of the molecule is CC(C)n1cc(C(=O)N2CCC(c3nc4cc(Cl)ccc4o3)CC2)cn1. The Labute approximate surface area is 156 Å². The van der Waals surface area contributed by atoms with Gasteiger partial charge in [-0.3, -0.25) is 9.48 Å². The zero-order valence-electron chi connectivity index (χ0n) is 14.9. The van der Waals surface area contributed by atoms with Crippen molar-refractivity contribution in [1.29, 1.82) is 0 Å². The number of rotatable bonds is 3. The van der Waals surface area contributed by atoms with Gasteiger partial charge in [0.25, 0.3) is 5.91 Å². The molecule has 0 bridgehead atoms. The summed E-state index contributed by atoms with van der Waals surface area (Å²) in [5.41, 5.74) is 2.18. The largest absolute Gasteiger partial charge is 0.440 e. The fourth-order valence-electron chi connectivity index (χ4n) is 3.34. The lowest BCUT2D eigenvalue weighted by molar-refractivity contribution is 0.0706. The first-order chi connectivity index (χ1) is 12.5. The molecule has 0 aliphatic carbocycles. The van der Waals surface area contributed by atoms with Gasteiger partial charge in [-0.2, -0.15) is 5.10 Å². The molecule has 7 heteroatoms. The lowest BCUT2D eigenvalue weighted by Gasteiger charge is -2.30. The third kappa shape index (κ3) is 3.21. The molecule has 1 aliphatic heterocycles. The maximum Gasteiger partial charge on any atom is 0.257 e. The monoisotopic (exact) mass is 372 g/mol. The first kappa shape index (κ1) is 17.1. The minimum atomic E-state index is 0.0414. The van der Waals surface area contributed by atoms with Crippen molar-refractivity contribution in [2.45, 2.75) is 38.6 Å². The summed E-state index contributed by atoms with van der Waals surface area (Å²) in [5.74, 6) is 1.00. The van der Waals surface area contributed by atoms with E-state index in [-0.39, 0.29) is 17.9 Å². The molecule has 2 aromatic heterocycles. The summed E-state index contributed by atoms with van der Waals surface area (Å²) in [6.45, 7) is 5.46. The van der Waals surface area contributed by atoms with E-state index < -0.39 is 0 Å². The molecule has 4 rings (SSSR count). The van der Waals surface area contributed by atoms with Crippen LogP contribution in [0.5, 0.6) is 0 Å². The number of aromatic nitrogens is 3. The fraction of sp³-hybridized carbons (Fsp3) is 0.421. The van der Waals surface area contributed by atoms with E-state index in [1.54, 1.807) is 12.3 Å². The second-order valence-corrected chi connectivity index (χ2v) is 7.47. The van der Waals surface area contributed by atoms with E-state index in [1.807, 2.05) is 41.8 Å². The van der Waals surface area contributed by atoms with Gasteiger partial charge < -0.3 is 9.32 Å². The van der Waals surface area contributed by atoms with Crippen LogP contribution in [0.4, 0.5) is 0 Å². The van der Waals surface area contributed by atoms with Crippen molar-refractivity contribution in [2.75, 3.05) is 13.1 Å². The van der Waals surface area contributed by atoms with Crippen molar-refractivity contribution in [2.24, 2.45) is 0 Å². The Morgan fingerprint density at radius 2 is 2.08 bits per heavy atom. The maximum atomic E-state index is 12.7. The van der Waals surface area contributed by atoms with Gasteiger partial charge in [-0.1, -0.05) is 11.6 Å². The summed E-state index contributed by atoms with van der Waals surface area (Å²) in [6, 6.07) is 5.71. The Morgan fingerprint density at radius 1 is 1.31 bits per heavy atom. The summed E-state index contributed by atoms with van der Waals surface area (Å²) in [6.07, 6.45) is 5.15. The molecule has 6 nitrogen and oxygen atoms in total. The summed E-state index contributed by atoms with van der Waals surface area (Å²) >= 11 is 6.01. The molecule has 0 saturated carbocycles. The molecule has 0 unspecified atom stereocenters. The van der Waals surface area contributed by atoms with E-state index in [1.165, 1.54) is 0 Å². The molecule has 1 saturated heterocycles. The van der Waals surface area contributed by atoms with Crippen LogP contribution >= 0.6 is 11.6 Å². The number of amides is 1. The highest BCUT2D eigenvalue weighted by Crippen LogP contribution is 2.31. The number of piperidine rings is 1. The Morgan fingerprint density at radius 3 is 2.77 bits per heavy atom. The first-order valence-corrected chi connectivity index (χ1v) is 9.28. The van der Waals surface area contributed by atoms with E-state index >= 15 is 0 Å². The predicted molar refractivity (Wildman–Crippen MR) is 99.5 cm³/mol. The number of hydrogen-bond acceptors (Lipinski definition) is 4. The van der Waals surface area contributed by atoms with Gasteiger partial charge in [-0.25, -0.2) is 4.98 Å². The minimum Gasteiger partial charge on any atom is -0.440 e. The summed E-state index contributed by atoms with van der Waals surface area (Å²) in [5, 5.41) is 4.91. The summed E-state index contributed by atoms with van der Waals surface area (Å²) in [4.78, 5) is 19.1. The second kappa shape index (κ2) is 6.76. The molecule has 1 aliphatic rings. The molecule has 3 aromatic rings. The predicted octanol–water partition coefficient (Wildman–Crippen LogP) is 4.28. The van der Waals surface area contributed by atoms with Gasteiger partial charge in [0, 0.05) is 36.3 Å². The van der Waals surface area contributed by atoms with Crippen molar-refractivity contribution in [3.05, 3.63) is 47.1 Å². The van der Waals surface area contributed by atoms with Crippen LogP contribution in [0.3, 0.4) is 0 Å². The minimum absolute atomic E-state index is 0.0414. The van der Waals surface area contributed by atoms with Crippen LogP contribution in [-0.2, 0) is 0 Å². The van der Waals surface area contributed by atoms with E-state index in [2.05, 4.69) is 10.1 Å². The quantitative estimate of drug-likeness (QED) is 0.688. The number of nitrogens with zero attached hydrogens (tertiary/aromatic N) is 4. The van der Waals surface area contributed by atoms with E-state index in [0.717, 1.165) is 29.8 Å². The fourth-order valence-corrected chi connectivity index (χ4v) is 3.50. The number of oxazole rings is 1. The van der Waals surface area contributed by atoms with Crippen LogP contribution in [-0.4, -0.2) is 38.7 Å². The highest BCUT2D eigenvalue weighted by Gasteiger charge is 2.28. The molecule has 0 N–H and O–H groups in total. The van der Waals surface area contributed by atoms with Gasteiger partial charge in [0.15, 0.2) is 11.5 Å². The Balaban J connectivity index is 1.43. The third-order valence-corrected chi connectivity index (χ3v) is 5.11. The molecule has 3 heterocycles. The molecule has 0 radical (unpaired) electrons. The van der Waals surface area contributed by atoms with Crippen LogP contribution < -0.4 is 0 Å². The third-order valence-electron chi connectivity index (χ3n) is 4.88. The molecular weight excluding hydrogens is 352 g/mol. The molecule has 1 aromatic carbocycles. The van der Waals surface area contributed by atoms with Crippen LogP contribution in [0.15, 0.2) is 35.0 Å². The number of halogens is 1. The van der Waals surface area contributed by atoms with Crippen molar-refractivity contribution < 1.29 is 9.21 Å². The number of carbonyl (C=O) groups is 1. The highest BCUT2D eigenvalue weighted by molar-refractivity contribution is 6.31. The van der Waals surface area contributed by atoms with E-state index in [0.29, 0.717) is 23.7 Å². The Kier molecular flexibility index (Phi) is 4.44. The van der Waals surface area contributed by atoms with Gasteiger partial charge in [0.05, 0.1) is 11.8 Å². The molecule has 1 amide bonds. The van der Waals surface area contributed by atoms with Gasteiger partial charge in [0.1, 0.15) is 5.52 Å². The van der Waals surface area contributed by atoms with Crippen molar-refractivity contribution in [3.8, 4) is 0 Å². The highest BCUT2D eigenvalue weighted by atomic mass is 35.5. The van der Waals surface area contributed by atoms with Crippen molar-refractivity contribution >= 4 is 28.6 Å². The van der Waals surface area contributed by atoms with Crippen LogP contribution in [0.1, 0.15) is 54.9 Å². The molecule has 26 heavy (non-hydrogen) atoms. The van der Waals surface area contributed by atoms with Gasteiger partial charge in [-0.05, 0) is 44.9 Å². The molecule has 1 fully saturated rings. The molecule has 0 spiro atoms. The smallest absolute Gasteiger partial charge is 0.257 e. The zero-order chi connectivity index (χ0) is 18.3. The normalized spacial score (nSPS) is 15.9. The number of fused-ring (bicyclic) bond motifs is 1. The van der Waals surface area contributed by atoms with Gasteiger partial charge in [0.2, 0.25) is 0 Å². The maximum absolute atomic E-state index is 12.7. The number of benzene rings is 1. The Hall–Kier alpha value is -2.34. The van der Waals surface area contributed by atoms with E-state index in [4.69, 9.17) is 16.0 Å². The van der Waals surface area contributed by atoms with Crippen molar-refractivity contribution in [3.63, 3.8) is 0 Å². The molecule has 0 atom stereocenters. The zero-order valence-corrected chi connectivity index (χ0v) is 15.6. The van der Waals surface area contributed by atoms with Crippen LogP contribution in [0.2, 0.25) is 5.02 Å². The molecule has 136 valence electrons. The number of likely N-dealkylation sites (tertiary alicyclic amines) is 1. The summed E-state index contributed by atoms with van der Waals surface area (Å²) < 4.78 is 7.69. The second-order valence-electron chi connectivity index (χ2n) is 7.03. The van der Waals surface area contributed by atoms with Gasteiger partial charge in [-0.15, -0.1) is 0 Å². The topological polar surface area (TPSA) is 64.2 Å². The van der Waals surface area contributed by atoms with Crippen molar-refractivity contribution in [1.82, 2.24) is 19.7 Å². The summed E-state index contributed by atoms with van der Waals surface area (Å²) in [7, 11) is 0. The number of carbonyl (C=O) groups excluding carboxylic acids is 1. The van der Waals surface area contributed by atoms with E-state index in [9.17, 15) is 4.79 Å². The lowest BCUT2D eigenvalue weighted by Crippen LogP contribution is -2.37. The standard InChI is InChI=1S/C19H21ClN4O2/c1-12(2)24-11-14(10-21-24)19(25)23-7-5-13(6-8-23)18-22-16-9-15(20)3-4-17(16)26-18/h3-4,9-13H,5-8H2,1-2H3.